The highest BCUT2D eigenvalue weighted by atomic mass is 16.2. The minimum Gasteiger partial charge on any atom is -0.365 e. The normalized spacial score (nSPS) is 20.1. The quantitative estimate of drug-likeness (QED) is 0.127. The molecule has 0 fully saturated rings. The van der Waals surface area contributed by atoms with Crippen LogP contribution in [0.2, 0.25) is 0 Å². The molecule has 2 aromatic carbocycles. The van der Waals surface area contributed by atoms with Gasteiger partial charge < -0.3 is 30.0 Å². The van der Waals surface area contributed by atoms with Crippen LogP contribution >= 0.6 is 0 Å². The highest BCUT2D eigenvalue weighted by Gasteiger charge is 2.39. The summed E-state index contributed by atoms with van der Waals surface area (Å²) >= 11 is 0. The van der Waals surface area contributed by atoms with E-state index in [9.17, 15) is 19.2 Å². The highest BCUT2D eigenvalue weighted by molar-refractivity contribution is 5.94. The summed E-state index contributed by atoms with van der Waals surface area (Å²) in [5, 5.41) is 6.61. The first-order valence-electron chi connectivity index (χ1n) is 16.4. The van der Waals surface area contributed by atoms with Crippen molar-refractivity contribution >= 4 is 41.4 Å². The maximum absolute atomic E-state index is 14.0. The molecule has 8 heteroatoms. The van der Waals surface area contributed by atoms with E-state index < -0.39 is 17.8 Å². The molecule has 8 nitrogen and oxygen atoms in total. The molecule has 2 amide bonds. The van der Waals surface area contributed by atoms with Crippen molar-refractivity contribution in [3.63, 3.8) is 0 Å². The Morgan fingerprint density at radius 3 is 2.40 bits per heavy atom. The second-order valence-corrected chi connectivity index (χ2v) is 12.2. The monoisotopic (exact) mass is 646 g/mol. The molecule has 4 rings (SSSR count). The first kappa shape index (κ1) is 35.6. The van der Waals surface area contributed by atoms with Gasteiger partial charge in [0.25, 0.3) is 0 Å². The number of carbonyl (C=O) groups is 4. The zero-order chi connectivity index (χ0) is 34.5. The zero-order valence-electron chi connectivity index (χ0n) is 28.2. The van der Waals surface area contributed by atoms with Crippen LogP contribution in [-0.4, -0.2) is 43.4 Å². The number of likely N-dealkylation sites (N-methyl/N-ethyl adjacent to an activating group) is 1. The average Bonchev–Trinajstić information content (AvgIpc) is 3.11. The number of para-hydroxylation sites is 1. The minimum atomic E-state index is -0.669. The molecule has 0 saturated carbocycles. The van der Waals surface area contributed by atoms with Gasteiger partial charge in [0.15, 0.2) is 0 Å². The van der Waals surface area contributed by atoms with E-state index in [2.05, 4.69) is 16.7 Å². The van der Waals surface area contributed by atoms with Crippen LogP contribution in [-0.2, 0) is 19.2 Å². The Balaban J connectivity index is 1.44. The fourth-order valence-corrected chi connectivity index (χ4v) is 6.12. The van der Waals surface area contributed by atoms with E-state index in [4.69, 9.17) is 0 Å². The molecule has 4 unspecified atom stereocenters. The summed E-state index contributed by atoms with van der Waals surface area (Å²) in [5.41, 5.74) is 5.07. The van der Waals surface area contributed by atoms with Crippen molar-refractivity contribution in [3.8, 4) is 0 Å². The lowest BCUT2D eigenvalue weighted by molar-refractivity contribution is -0.136. The largest absolute Gasteiger partial charge is 0.365 e. The van der Waals surface area contributed by atoms with Crippen LogP contribution < -0.4 is 15.5 Å². The Kier molecular flexibility index (Phi) is 13.1. The summed E-state index contributed by atoms with van der Waals surface area (Å²) in [7, 11) is 3.39. The average molecular weight is 647 g/mol. The number of carbonyl (C=O) groups excluding carboxylic acids is 4. The summed E-state index contributed by atoms with van der Waals surface area (Å²) in [6, 6.07) is 17.3. The molecule has 2 aromatic rings. The second-order valence-electron chi connectivity index (χ2n) is 12.2. The first-order chi connectivity index (χ1) is 23.2. The van der Waals surface area contributed by atoms with Crippen molar-refractivity contribution in [2.24, 2.45) is 23.7 Å². The van der Waals surface area contributed by atoms with Crippen molar-refractivity contribution in [2.45, 2.75) is 39.5 Å². The van der Waals surface area contributed by atoms with E-state index in [1.54, 1.807) is 23.9 Å². The minimum absolute atomic E-state index is 0.0191. The smallest absolute Gasteiger partial charge is 0.230 e. The Morgan fingerprint density at radius 2 is 1.75 bits per heavy atom. The number of hydrogen-bond donors (Lipinski definition) is 2. The lowest BCUT2D eigenvalue weighted by atomic mass is 9.70. The number of nitrogens with zero attached hydrogens (tertiary/aromatic N) is 2. The van der Waals surface area contributed by atoms with Crippen molar-refractivity contribution in [2.75, 3.05) is 24.3 Å². The maximum Gasteiger partial charge on any atom is 0.230 e. The van der Waals surface area contributed by atoms with Gasteiger partial charge in [-0.1, -0.05) is 48.1 Å². The van der Waals surface area contributed by atoms with Gasteiger partial charge in [-0.05, 0) is 99.7 Å². The molecule has 0 spiro atoms. The van der Waals surface area contributed by atoms with Crippen LogP contribution in [0.15, 0.2) is 126 Å². The number of nitrogens with one attached hydrogen (secondary N) is 2. The number of rotatable bonds is 14. The van der Waals surface area contributed by atoms with Crippen LogP contribution in [0.3, 0.4) is 0 Å². The molecular weight excluding hydrogens is 600 g/mol. The van der Waals surface area contributed by atoms with Crippen LogP contribution in [0, 0.1) is 23.7 Å². The number of benzene rings is 2. The van der Waals surface area contributed by atoms with Gasteiger partial charge in [0, 0.05) is 67.0 Å². The molecular formula is C40H46N4O4. The summed E-state index contributed by atoms with van der Waals surface area (Å²) in [6.07, 6.45) is 21.1. The van der Waals surface area contributed by atoms with Gasteiger partial charge in [0.1, 0.15) is 12.6 Å². The Hall–Kier alpha value is -5.24. The lowest BCUT2D eigenvalue weighted by Crippen LogP contribution is -2.41. The molecule has 0 aliphatic heterocycles. The van der Waals surface area contributed by atoms with Crippen molar-refractivity contribution in [3.05, 3.63) is 126 Å². The Morgan fingerprint density at radius 1 is 1.02 bits per heavy atom. The Bertz CT molecular complexity index is 1620. The lowest BCUT2D eigenvalue weighted by Gasteiger charge is -2.36. The SMILES string of the molecule is C\C=C/C(=C\C=C\NC1=CC=CCC1)N(C)C(=O)C1CC(C(C=O)CC(=O)N(C)c2ccc(Nc3ccccc3)cc2)C=C(C)C1C=O. The van der Waals surface area contributed by atoms with E-state index in [-0.39, 0.29) is 30.6 Å². The number of anilines is 3. The van der Waals surface area contributed by atoms with E-state index in [0.29, 0.717) is 11.4 Å². The fraction of sp³-hybridized carbons (Fsp3) is 0.300. The van der Waals surface area contributed by atoms with Crippen molar-refractivity contribution in [1.29, 1.82) is 0 Å². The molecule has 2 N–H and O–H groups in total. The molecule has 0 bridgehead atoms. The van der Waals surface area contributed by atoms with Gasteiger partial charge in [-0.25, -0.2) is 0 Å². The third-order valence-corrected chi connectivity index (χ3v) is 8.95. The van der Waals surface area contributed by atoms with Crippen molar-refractivity contribution < 1.29 is 19.2 Å². The molecule has 250 valence electrons. The molecule has 0 saturated heterocycles. The van der Waals surface area contributed by atoms with Gasteiger partial charge >= 0.3 is 0 Å². The van der Waals surface area contributed by atoms with Gasteiger partial charge in [0.2, 0.25) is 11.8 Å². The van der Waals surface area contributed by atoms with Crippen LogP contribution in [0.1, 0.15) is 39.5 Å². The third kappa shape index (κ3) is 9.41. The number of allylic oxidation sites excluding steroid dienone is 10. The van der Waals surface area contributed by atoms with E-state index >= 15 is 0 Å². The summed E-state index contributed by atoms with van der Waals surface area (Å²) in [5.74, 6) is -2.72. The van der Waals surface area contributed by atoms with E-state index in [1.807, 2.05) is 117 Å². The Labute approximate surface area is 284 Å². The number of amides is 2. The summed E-state index contributed by atoms with van der Waals surface area (Å²) in [6.45, 7) is 3.70. The highest BCUT2D eigenvalue weighted by Crippen LogP contribution is 2.38. The standard InChI is InChI=1S/C40H46N4O4/c1-5-13-35(18-12-23-41-32-14-8-6-9-15-32)44(4)40(48)37-25-30(24-29(2)38(37)28-46)31(27-45)26-39(47)43(3)36-21-19-34(20-22-36)42-33-16-10-7-11-17-33/h5-8,10-14,16-24,27-28,30-31,37-38,41-42H,9,15,25-26H2,1-4H3/b13-5-,23-12+,35-18+. The maximum atomic E-state index is 14.0. The van der Waals surface area contributed by atoms with Gasteiger partial charge in [-0.3, -0.25) is 9.59 Å². The molecule has 4 atom stereocenters. The van der Waals surface area contributed by atoms with E-state index in [0.717, 1.165) is 48.1 Å². The third-order valence-electron chi connectivity index (χ3n) is 8.95. The predicted octanol–water partition coefficient (Wildman–Crippen LogP) is 7.25. The summed E-state index contributed by atoms with van der Waals surface area (Å²) < 4.78 is 0. The van der Waals surface area contributed by atoms with Crippen molar-refractivity contribution in [1.82, 2.24) is 10.2 Å². The van der Waals surface area contributed by atoms with Gasteiger partial charge in [-0.2, -0.15) is 0 Å². The molecule has 48 heavy (non-hydrogen) atoms. The zero-order valence-corrected chi connectivity index (χ0v) is 28.2. The fourth-order valence-electron chi connectivity index (χ4n) is 6.12. The topological polar surface area (TPSA) is 98.8 Å². The van der Waals surface area contributed by atoms with Crippen LogP contribution in [0.25, 0.3) is 0 Å². The van der Waals surface area contributed by atoms with Gasteiger partial charge in [-0.15, -0.1) is 0 Å². The van der Waals surface area contributed by atoms with Gasteiger partial charge in [0.05, 0.1) is 5.92 Å². The number of hydrogen-bond acceptors (Lipinski definition) is 6. The molecule has 0 radical (unpaired) electrons. The second kappa shape index (κ2) is 17.6. The molecule has 0 heterocycles. The molecule has 0 aromatic heterocycles. The summed E-state index contributed by atoms with van der Waals surface area (Å²) in [4.78, 5) is 55.2. The van der Waals surface area contributed by atoms with Crippen LogP contribution in [0.4, 0.5) is 17.1 Å². The predicted molar refractivity (Wildman–Crippen MR) is 193 cm³/mol. The van der Waals surface area contributed by atoms with Crippen LogP contribution in [0.5, 0.6) is 0 Å². The molecule has 2 aliphatic carbocycles. The molecule has 2 aliphatic rings. The number of aldehydes is 2. The first-order valence-corrected chi connectivity index (χ1v) is 16.4. The van der Waals surface area contributed by atoms with E-state index in [1.165, 1.54) is 0 Å².